The minimum atomic E-state index is -4.66. The maximum atomic E-state index is 13.7. The third-order valence-corrected chi connectivity index (χ3v) is 5.30. The van der Waals surface area contributed by atoms with Gasteiger partial charge in [-0.1, -0.05) is 20.6 Å². The molecule has 0 aliphatic heterocycles. The standard InChI is InChI=1S/C21H15BrF3N3O3/c1-30-13-7-11(8-14(10-13)31-2)18-15-5-6-26-19(15)20(29)28(27-18)17-9-12(22)3-4-16(17)21(23,24)25/h3-10,26H,1-2H3/p+1. The molecule has 2 heterocycles. The number of nitrogens with zero attached hydrogens (tertiary/aromatic N) is 1. The summed E-state index contributed by atoms with van der Waals surface area (Å²) in [6.07, 6.45) is -3.11. The fourth-order valence-corrected chi connectivity index (χ4v) is 3.71. The first-order valence-corrected chi connectivity index (χ1v) is 9.78. The summed E-state index contributed by atoms with van der Waals surface area (Å²) in [6, 6.07) is 10.2. The first-order valence-electron chi connectivity index (χ1n) is 8.99. The molecule has 2 aromatic carbocycles. The molecule has 0 saturated heterocycles. The van der Waals surface area contributed by atoms with Gasteiger partial charge in [0.15, 0.2) is 0 Å². The van der Waals surface area contributed by atoms with Crippen molar-refractivity contribution in [2.45, 2.75) is 6.18 Å². The average molecular weight is 495 g/mol. The number of ether oxygens (including phenoxy) is 2. The lowest BCUT2D eigenvalue weighted by Crippen LogP contribution is -2.36. The Morgan fingerprint density at radius 1 is 1.03 bits per heavy atom. The van der Waals surface area contributed by atoms with Crippen molar-refractivity contribution in [2.24, 2.45) is 0 Å². The van der Waals surface area contributed by atoms with E-state index in [2.05, 4.69) is 26.0 Å². The molecule has 6 nitrogen and oxygen atoms in total. The van der Waals surface area contributed by atoms with Crippen LogP contribution in [0.25, 0.3) is 27.8 Å². The van der Waals surface area contributed by atoms with E-state index in [1.54, 1.807) is 30.5 Å². The van der Waals surface area contributed by atoms with Gasteiger partial charge in [0, 0.05) is 16.7 Å². The Bertz CT molecular complexity index is 1320. The summed E-state index contributed by atoms with van der Waals surface area (Å²) in [6.45, 7) is 0. The Labute approximate surface area is 182 Å². The van der Waals surface area contributed by atoms with E-state index in [1.165, 1.54) is 26.4 Å². The lowest BCUT2D eigenvalue weighted by molar-refractivity contribution is -0.469. The summed E-state index contributed by atoms with van der Waals surface area (Å²) in [5.74, 6) is 0.977. The highest BCUT2D eigenvalue weighted by atomic mass is 79.9. The third kappa shape index (κ3) is 3.78. The summed E-state index contributed by atoms with van der Waals surface area (Å²) in [4.78, 5) is 15.9. The number of hydrogen-bond donors (Lipinski definition) is 1. The van der Waals surface area contributed by atoms with Crippen LogP contribution in [0.4, 0.5) is 13.2 Å². The molecular formula is C21H16BrF3N3O3+. The number of H-pyrrole nitrogens is 2. The van der Waals surface area contributed by atoms with Crippen LogP contribution in [0, 0.1) is 0 Å². The lowest BCUT2D eigenvalue weighted by Gasteiger charge is -2.13. The van der Waals surface area contributed by atoms with Crippen molar-refractivity contribution in [1.82, 2.24) is 9.67 Å². The van der Waals surface area contributed by atoms with Gasteiger partial charge in [0.2, 0.25) is 5.69 Å². The van der Waals surface area contributed by atoms with E-state index in [4.69, 9.17) is 9.47 Å². The van der Waals surface area contributed by atoms with Crippen LogP contribution in [0.1, 0.15) is 5.56 Å². The average Bonchev–Trinajstić information content (AvgIpc) is 3.23. The molecule has 4 rings (SSSR count). The van der Waals surface area contributed by atoms with Crippen molar-refractivity contribution in [3.63, 3.8) is 0 Å². The van der Waals surface area contributed by atoms with Gasteiger partial charge in [-0.3, -0.25) is 4.79 Å². The zero-order chi connectivity index (χ0) is 22.3. The molecule has 0 aliphatic rings. The maximum Gasteiger partial charge on any atom is 0.418 e. The van der Waals surface area contributed by atoms with Gasteiger partial charge in [0.1, 0.15) is 22.7 Å². The van der Waals surface area contributed by atoms with Gasteiger partial charge in [0.05, 0.1) is 30.7 Å². The van der Waals surface area contributed by atoms with E-state index in [9.17, 15) is 18.0 Å². The predicted octanol–water partition coefficient (Wildman–Crippen LogP) is 4.60. The normalized spacial score (nSPS) is 11.7. The van der Waals surface area contributed by atoms with Gasteiger partial charge >= 0.3 is 11.7 Å². The Balaban J connectivity index is 2.08. The summed E-state index contributed by atoms with van der Waals surface area (Å²) >= 11 is 3.19. The smallest absolute Gasteiger partial charge is 0.418 e. The van der Waals surface area contributed by atoms with Crippen molar-refractivity contribution in [3.8, 4) is 28.4 Å². The number of methoxy groups -OCH3 is 2. The Morgan fingerprint density at radius 3 is 2.32 bits per heavy atom. The van der Waals surface area contributed by atoms with Gasteiger partial charge in [-0.05, 0) is 36.4 Å². The molecule has 31 heavy (non-hydrogen) atoms. The molecule has 0 saturated carbocycles. The quantitative estimate of drug-likeness (QED) is 0.450. The lowest BCUT2D eigenvalue weighted by atomic mass is 10.1. The first-order chi connectivity index (χ1) is 14.7. The van der Waals surface area contributed by atoms with Crippen LogP contribution in [0.5, 0.6) is 11.5 Å². The Morgan fingerprint density at radius 2 is 1.71 bits per heavy atom. The number of aromatic nitrogens is 3. The Kier molecular flexibility index (Phi) is 5.26. The van der Waals surface area contributed by atoms with Gasteiger partial charge in [-0.15, -0.1) is 5.10 Å². The van der Waals surface area contributed by atoms with Gasteiger partial charge in [0.25, 0.3) is 0 Å². The van der Waals surface area contributed by atoms with Gasteiger partial charge in [-0.25, -0.2) is 0 Å². The minimum absolute atomic E-state index is 0.156. The molecule has 0 amide bonds. The fourth-order valence-electron chi connectivity index (χ4n) is 3.36. The van der Waals surface area contributed by atoms with Crippen LogP contribution in [0.2, 0.25) is 0 Å². The zero-order valence-corrected chi connectivity index (χ0v) is 17.9. The number of halogens is 4. The van der Waals surface area contributed by atoms with E-state index in [1.807, 2.05) is 0 Å². The summed E-state index contributed by atoms with van der Waals surface area (Å²) in [5.41, 5.74) is -0.793. The molecule has 0 aliphatic carbocycles. The van der Waals surface area contributed by atoms with Crippen molar-refractivity contribution < 1.29 is 27.7 Å². The van der Waals surface area contributed by atoms with Crippen LogP contribution >= 0.6 is 15.9 Å². The van der Waals surface area contributed by atoms with Crippen LogP contribution in [0.3, 0.4) is 0 Å². The topological polar surface area (TPSA) is 70.4 Å². The molecule has 0 bridgehead atoms. The van der Waals surface area contributed by atoms with E-state index in [0.29, 0.717) is 32.6 Å². The van der Waals surface area contributed by atoms with Crippen molar-refractivity contribution >= 4 is 26.8 Å². The molecule has 0 fully saturated rings. The molecule has 2 N–H and O–H groups in total. The number of aromatic amines is 2. The second-order valence-electron chi connectivity index (χ2n) is 6.65. The Hall–Kier alpha value is -3.27. The highest BCUT2D eigenvalue weighted by Gasteiger charge is 2.36. The van der Waals surface area contributed by atoms with Gasteiger partial charge < -0.3 is 14.5 Å². The van der Waals surface area contributed by atoms with E-state index in [-0.39, 0.29) is 11.2 Å². The van der Waals surface area contributed by atoms with Crippen LogP contribution in [0.15, 0.2) is 57.9 Å². The van der Waals surface area contributed by atoms with Crippen molar-refractivity contribution in [2.75, 3.05) is 14.2 Å². The molecule has 0 atom stereocenters. The number of rotatable bonds is 4. The predicted molar refractivity (Wildman–Crippen MR) is 112 cm³/mol. The number of hydrogen-bond acceptors (Lipinski definition) is 3. The van der Waals surface area contributed by atoms with Crippen LogP contribution < -0.4 is 20.1 Å². The van der Waals surface area contributed by atoms with E-state index >= 15 is 0 Å². The minimum Gasteiger partial charge on any atom is -0.497 e. The molecule has 160 valence electrons. The second-order valence-corrected chi connectivity index (χ2v) is 7.57. The molecule has 0 spiro atoms. The number of alkyl halides is 3. The SMILES string of the molecule is COc1cc(OC)cc(-c2[nH+]n(-c3cc(Br)ccc3C(F)(F)F)c(=O)c3[nH]ccc23)c1. The summed E-state index contributed by atoms with van der Waals surface area (Å²) in [5, 5.41) is 3.38. The highest BCUT2D eigenvalue weighted by Crippen LogP contribution is 2.35. The maximum absolute atomic E-state index is 13.7. The molecule has 4 aromatic rings. The largest absolute Gasteiger partial charge is 0.497 e. The summed E-state index contributed by atoms with van der Waals surface area (Å²) in [7, 11) is 2.98. The number of benzene rings is 2. The highest BCUT2D eigenvalue weighted by molar-refractivity contribution is 9.10. The van der Waals surface area contributed by atoms with Crippen molar-refractivity contribution in [1.29, 1.82) is 0 Å². The van der Waals surface area contributed by atoms with Crippen LogP contribution in [-0.4, -0.2) is 23.9 Å². The number of fused-ring (bicyclic) bond motifs is 1. The molecule has 0 radical (unpaired) electrons. The molecule has 10 heteroatoms. The van der Waals surface area contributed by atoms with E-state index < -0.39 is 17.3 Å². The van der Waals surface area contributed by atoms with Crippen LogP contribution in [-0.2, 0) is 6.18 Å². The van der Waals surface area contributed by atoms with Gasteiger partial charge in [-0.2, -0.15) is 13.2 Å². The first kappa shape index (κ1) is 21.0. The molecule has 2 aromatic heterocycles. The fraction of sp³-hybridized carbons (Fsp3) is 0.143. The zero-order valence-electron chi connectivity index (χ0n) is 16.3. The van der Waals surface area contributed by atoms with Crippen molar-refractivity contribution in [3.05, 3.63) is 69.1 Å². The monoisotopic (exact) mass is 494 g/mol. The molecule has 0 unspecified atom stereocenters. The second kappa shape index (κ2) is 7.77. The van der Waals surface area contributed by atoms with E-state index in [0.717, 1.165) is 10.7 Å². The molecular weight excluding hydrogens is 479 g/mol. The number of nitrogens with one attached hydrogen (secondary N) is 2. The third-order valence-electron chi connectivity index (χ3n) is 4.80. The summed E-state index contributed by atoms with van der Waals surface area (Å²) < 4.78 is 52.9.